The zero-order valence-electron chi connectivity index (χ0n) is 9.58. The summed E-state index contributed by atoms with van der Waals surface area (Å²) < 4.78 is 2.32. The monoisotopic (exact) mass is 342 g/mol. The van der Waals surface area contributed by atoms with Gasteiger partial charge in [0.1, 0.15) is 0 Å². The average molecular weight is 342 g/mol. The van der Waals surface area contributed by atoms with Crippen LogP contribution in [0.3, 0.4) is 0 Å². The van der Waals surface area contributed by atoms with Crippen molar-refractivity contribution in [2.75, 3.05) is 18.4 Å². The topological polar surface area (TPSA) is 32.3 Å². The first-order valence-corrected chi connectivity index (χ1v) is 6.96. The number of para-hydroxylation sites is 1. The van der Waals surface area contributed by atoms with Crippen molar-refractivity contribution in [1.29, 1.82) is 0 Å². The largest absolute Gasteiger partial charge is 0.326 e. The first kappa shape index (κ1) is 11.5. The van der Waals surface area contributed by atoms with Crippen LogP contribution in [0.2, 0.25) is 0 Å². The zero-order valence-corrected chi connectivity index (χ0v) is 11.7. The van der Waals surface area contributed by atoms with Gasteiger partial charge in [0.2, 0.25) is 5.91 Å². The molecule has 0 saturated carbocycles. The van der Waals surface area contributed by atoms with Gasteiger partial charge in [-0.05, 0) is 24.5 Å². The first-order valence-electron chi connectivity index (χ1n) is 6.00. The van der Waals surface area contributed by atoms with Crippen LogP contribution in [0.1, 0.15) is 24.8 Å². The van der Waals surface area contributed by atoms with Crippen LogP contribution < -0.4 is 5.32 Å². The quantitative estimate of drug-likeness (QED) is 0.581. The molecule has 2 heterocycles. The van der Waals surface area contributed by atoms with Crippen LogP contribution in [0.25, 0.3) is 0 Å². The number of piperidine rings is 1. The van der Waals surface area contributed by atoms with Crippen LogP contribution in [-0.2, 0) is 10.2 Å². The van der Waals surface area contributed by atoms with E-state index in [2.05, 4.69) is 43.4 Å². The second-order valence-electron chi connectivity index (χ2n) is 4.96. The third-order valence-corrected chi connectivity index (χ3v) is 4.90. The van der Waals surface area contributed by atoms with Gasteiger partial charge in [-0.3, -0.25) is 4.79 Å². The van der Waals surface area contributed by atoms with Gasteiger partial charge < -0.3 is 5.32 Å². The Kier molecular flexibility index (Phi) is 2.86. The van der Waals surface area contributed by atoms with E-state index in [1.54, 1.807) is 0 Å². The molecule has 1 aromatic rings. The van der Waals surface area contributed by atoms with Crippen LogP contribution in [-0.4, -0.2) is 22.1 Å². The molecule has 1 spiro atoms. The summed E-state index contributed by atoms with van der Waals surface area (Å²) in [4.78, 5) is 11.9. The Morgan fingerprint density at radius 3 is 2.71 bits per heavy atom. The minimum atomic E-state index is 0.0839. The summed E-state index contributed by atoms with van der Waals surface area (Å²) in [5, 5.41) is 2.99. The van der Waals surface area contributed by atoms with Gasteiger partial charge in [0.05, 0.1) is 0 Å². The number of hydrogen-bond acceptors (Lipinski definition) is 2. The molecule has 0 radical (unpaired) electrons. The minimum absolute atomic E-state index is 0.0839. The maximum absolute atomic E-state index is 11.9. The fourth-order valence-corrected chi connectivity index (χ4v) is 3.49. The minimum Gasteiger partial charge on any atom is -0.326 e. The molecule has 0 aliphatic carbocycles. The van der Waals surface area contributed by atoms with Crippen molar-refractivity contribution in [1.82, 2.24) is 3.11 Å². The fourth-order valence-electron chi connectivity index (χ4n) is 3.01. The van der Waals surface area contributed by atoms with E-state index in [-0.39, 0.29) is 11.3 Å². The predicted octanol–water partition coefficient (Wildman–Crippen LogP) is 2.71. The summed E-state index contributed by atoms with van der Waals surface area (Å²) in [6, 6.07) is 8.27. The molecule has 2 aliphatic rings. The van der Waals surface area contributed by atoms with Crippen LogP contribution >= 0.6 is 22.9 Å². The molecule has 0 aromatic heterocycles. The number of halogens is 1. The van der Waals surface area contributed by atoms with E-state index >= 15 is 0 Å². The average Bonchev–Trinajstić information content (AvgIpc) is 2.33. The Balaban J connectivity index is 2.02. The predicted molar refractivity (Wildman–Crippen MR) is 76.2 cm³/mol. The summed E-state index contributed by atoms with van der Waals surface area (Å²) in [6.45, 7) is 2.14. The molecule has 0 atom stereocenters. The highest BCUT2D eigenvalue weighted by Crippen LogP contribution is 2.45. The molecule has 0 unspecified atom stereocenters. The van der Waals surface area contributed by atoms with E-state index in [1.807, 2.05) is 12.1 Å². The van der Waals surface area contributed by atoms with E-state index < -0.39 is 0 Å². The molecule has 1 amide bonds. The smallest absolute Gasteiger partial charge is 0.225 e. The van der Waals surface area contributed by atoms with Gasteiger partial charge in [0.25, 0.3) is 0 Å². The number of fused-ring (bicyclic) bond motifs is 2. The molecular weight excluding hydrogens is 327 g/mol. The Bertz CT molecular complexity index is 452. The molecule has 1 saturated heterocycles. The van der Waals surface area contributed by atoms with E-state index in [1.165, 1.54) is 5.56 Å². The second-order valence-corrected chi connectivity index (χ2v) is 6.33. The molecule has 1 N–H and O–H groups in total. The van der Waals surface area contributed by atoms with Crippen molar-refractivity contribution in [3.05, 3.63) is 29.8 Å². The number of carbonyl (C=O) groups is 1. The maximum Gasteiger partial charge on any atom is 0.225 e. The summed E-state index contributed by atoms with van der Waals surface area (Å²) >= 11 is 2.37. The molecule has 90 valence electrons. The molecule has 4 heteroatoms. The summed E-state index contributed by atoms with van der Waals surface area (Å²) in [7, 11) is 0. The summed E-state index contributed by atoms with van der Waals surface area (Å²) in [5.74, 6) is 0.172. The SMILES string of the molecule is O=C1CC2(CCN(I)CC2)c2ccccc2N1. The van der Waals surface area contributed by atoms with Gasteiger partial charge in [-0.1, -0.05) is 18.2 Å². The lowest BCUT2D eigenvalue weighted by atomic mass is 9.68. The van der Waals surface area contributed by atoms with Gasteiger partial charge in [0, 0.05) is 53.5 Å². The van der Waals surface area contributed by atoms with Crippen molar-refractivity contribution in [3.8, 4) is 0 Å². The van der Waals surface area contributed by atoms with Gasteiger partial charge in [-0.15, -0.1) is 0 Å². The molecule has 2 aliphatic heterocycles. The van der Waals surface area contributed by atoms with Gasteiger partial charge >= 0.3 is 0 Å². The van der Waals surface area contributed by atoms with Crippen LogP contribution in [0.5, 0.6) is 0 Å². The lowest BCUT2D eigenvalue weighted by molar-refractivity contribution is -0.118. The van der Waals surface area contributed by atoms with E-state index in [4.69, 9.17) is 0 Å². The Morgan fingerprint density at radius 2 is 1.94 bits per heavy atom. The third-order valence-electron chi connectivity index (χ3n) is 3.94. The molecule has 3 rings (SSSR count). The van der Waals surface area contributed by atoms with E-state index in [0.717, 1.165) is 31.6 Å². The van der Waals surface area contributed by atoms with Gasteiger partial charge in [0.15, 0.2) is 0 Å². The standard InChI is InChI=1S/C13H15IN2O/c14-16-7-5-13(6-8-16)9-12(17)15-11-4-2-1-3-10(11)13/h1-4H,5-9H2,(H,15,17). The third kappa shape index (κ3) is 1.97. The van der Waals surface area contributed by atoms with Crippen molar-refractivity contribution in [2.24, 2.45) is 0 Å². The number of anilines is 1. The van der Waals surface area contributed by atoms with E-state index in [0.29, 0.717) is 6.42 Å². The molecule has 3 nitrogen and oxygen atoms in total. The van der Waals surface area contributed by atoms with Crippen LogP contribution in [0, 0.1) is 0 Å². The highest BCUT2D eigenvalue weighted by molar-refractivity contribution is 14.1. The highest BCUT2D eigenvalue weighted by atomic mass is 127. The number of hydrogen-bond donors (Lipinski definition) is 1. The van der Waals surface area contributed by atoms with Crippen molar-refractivity contribution in [3.63, 3.8) is 0 Å². The summed E-state index contributed by atoms with van der Waals surface area (Å²) in [5.41, 5.74) is 2.44. The van der Waals surface area contributed by atoms with Gasteiger partial charge in [-0.2, -0.15) is 0 Å². The number of nitrogens with one attached hydrogen (secondary N) is 1. The van der Waals surface area contributed by atoms with Crippen molar-refractivity contribution >= 4 is 34.5 Å². The van der Waals surface area contributed by atoms with Gasteiger partial charge in [-0.25, -0.2) is 3.11 Å². The van der Waals surface area contributed by atoms with Crippen LogP contribution in [0.15, 0.2) is 24.3 Å². The van der Waals surface area contributed by atoms with Crippen molar-refractivity contribution < 1.29 is 4.79 Å². The first-order chi connectivity index (χ1) is 8.20. The molecule has 17 heavy (non-hydrogen) atoms. The number of amides is 1. The molecule has 1 aromatic carbocycles. The lowest BCUT2D eigenvalue weighted by Crippen LogP contribution is -2.44. The summed E-state index contributed by atoms with van der Waals surface area (Å²) in [6.07, 6.45) is 2.81. The normalized spacial score (nSPS) is 23.2. The van der Waals surface area contributed by atoms with Crippen LogP contribution in [0.4, 0.5) is 5.69 Å². The maximum atomic E-state index is 11.9. The second kappa shape index (κ2) is 4.24. The Labute approximate surface area is 115 Å². The Morgan fingerprint density at radius 1 is 1.24 bits per heavy atom. The zero-order chi connectivity index (χ0) is 11.9. The number of benzene rings is 1. The highest BCUT2D eigenvalue weighted by Gasteiger charge is 2.41. The van der Waals surface area contributed by atoms with Crippen molar-refractivity contribution in [2.45, 2.75) is 24.7 Å². The van der Waals surface area contributed by atoms with E-state index in [9.17, 15) is 4.79 Å². The molecular formula is C13H15IN2O. The number of carbonyl (C=O) groups excluding carboxylic acids is 1. The number of nitrogens with zero attached hydrogens (tertiary/aromatic N) is 1. The molecule has 1 fully saturated rings. The lowest BCUT2D eigenvalue weighted by Gasteiger charge is -2.43. The molecule has 0 bridgehead atoms. The Hall–Kier alpha value is -0.620. The fraction of sp³-hybridized carbons (Fsp3) is 0.462. The number of rotatable bonds is 0.